The van der Waals surface area contributed by atoms with E-state index in [1.165, 1.54) is 6.07 Å². The summed E-state index contributed by atoms with van der Waals surface area (Å²) in [6.07, 6.45) is 2.10. The minimum Gasteiger partial charge on any atom is -0.489 e. The van der Waals surface area contributed by atoms with Crippen molar-refractivity contribution in [1.82, 2.24) is 25.2 Å². The molecule has 0 saturated heterocycles. The highest BCUT2D eigenvalue weighted by Gasteiger charge is 2.57. The summed E-state index contributed by atoms with van der Waals surface area (Å²) in [5.74, 6) is -6.05. The van der Waals surface area contributed by atoms with E-state index in [-0.39, 0.29) is 14.0 Å². The number of alkyl halides is 2. The zero-order valence-electron chi connectivity index (χ0n) is 17.8. The number of pyridine rings is 1. The Hall–Kier alpha value is -4.37. The molecule has 0 aliphatic carbocycles. The van der Waals surface area contributed by atoms with Gasteiger partial charge < -0.3 is 9.84 Å². The SMILES string of the molecule is C.N#Cc1ccc(OCc2ccc(C(F)(F)C(O)(Cn3cnnn3)c3ccc(F)cc3F)nc2)cc1. The number of halogens is 4. The third-order valence-electron chi connectivity index (χ3n) is 5.21. The molecule has 0 amide bonds. The molecule has 0 spiro atoms. The molecule has 12 heteroatoms. The van der Waals surface area contributed by atoms with E-state index in [0.717, 1.165) is 35.4 Å². The summed E-state index contributed by atoms with van der Waals surface area (Å²) in [5.41, 5.74) is -4.04. The number of rotatable bonds is 8. The molecule has 0 aliphatic rings. The van der Waals surface area contributed by atoms with Gasteiger partial charge in [0.1, 0.15) is 36.0 Å². The molecule has 1 atom stereocenters. The fourth-order valence-electron chi connectivity index (χ4n) is 3.37. The number of nitriles is 1. The van der Waals surface area contributed by atoms with Gasteiger partial charge in [-0.25, -0.2) is 13.5 Å². The number of aliphatic hydroxyl groups is 1. The van der Waals surface area contributed by atoms with E-state index in [0.29, 0.717) is 22.9 Å². The number of hydrogen-bond acceptors (Lipinski definition) is 7. The molecule has 4 rings (SSSR count). The Kier molecular flexibility index (Phi) is 7.65. The highest BCUT2D eigenvalue weighted by Crippen LogP contribution is 2.46. The molecule has 0 saturated carbocycles. The van der Waals surface area contributed by atoms with Crippen LogP contribution in [0.3, 0.4) is 0 Å². The maximum absolute atomic E-state index is 15.7. The van der Waals surface area contributed by atoms with Crippen molar-refractivity contribution in [3.63, 3.8) is 0 Å². The molecule has 36 heavy (non-hydrogen) atoms. The number of hydrogen-bond donors (Lipinski definition) is 1. The van der Waals surface area contributed by atoms with Crippen LogP contribution in [-0.4, -0.2) is 30.3 Å². The lowest BCUT2D eigenvalue weighted by Gasteiger charge is -2.35. The zero-order valence-corrected chi connectivity index (χ0v) is 17.8. The molecule has 0 bridgehead atoms. The van der Waals surface area contributed by atoms with E-state index in [4.69, 9.17) is 10.00 Å². The highest BCUT2D eigenvalue weighted by molar-refractivity contribution is 5.35. The summed E-state index contributed by atoms with van der Waals surface area (Å²) >= 11 is 0. The van der Waals surface area contributed by atoms with Crippen LogP contribution in [0.4, 0.5) is 17.6 Å². The van der Waals surface area contributed by atoms with Crippen LogP contribution in [0.2, 0.25) is 0 Å². The van der Waals surface area contributed by atoms with Crippen molar-refractivity contribution in [3.05, 3.63) is 101 Å². The van der Waals surface area contributed by atoms with E-state index in [1.54, 1.807) is 24.3 Å². The third kappa shape index (κ3) is 5.16. The monoisotopic (exact) mass is 500 g/mol. The van der Waals surface area contributed by atoms with Crippen molar-refractivity contribution in [2.24, 2.45) is 0 Å². The zero-order chi connectivity index (χ0) is 25.1. The standard InChI is InChI=1S/C23H16F4N6O2.CH4/c24-17-4-7-19(20(25)9-17)22(34,13-33-14-30-31-32-33)23(26,27)21-8-3-16(11-29-21)12-35-18-5-1-15(10-28)2-6-18;/h1-9,11,14,34H,12-13H2;1H4. The van der Waals surface area contributed by atoms with Gasteiger partial charge in [0.05, 0.1) is 18.2 Å². The summed E-state index contributed by atoms with van der Waals surface area (Å²) in [6.45, 7) is -0.951. The average molecular weight is 500 g/mol. The van der Waals surface area contributed by atoms with Crippen molar-refractivity contribution in [2.75, 3.05) is 0 Å². The molecule has 2 aromatic heterocycles. The molecule has 8 nitrogen and oxygen atoms in total. The lowest BCUT2D eigenvalue weighted by Crippen LogP contribution is -2.48. The largest absolute Gasteiger partial charge is 0.489 e. The Morgan fingerprint density at radius 1 is 1.06 bits per heavy atom. The topological polar surface area (TPSA) is 110 Å². The Labute approximate surface area is 203 Å². The Morgan fingerprint density at radius 3 is 2.39 bits per heavy atom. The van der Waals surface area contributed by atoms with Crippen LogP contribution in [0.5, 0.6) is 5.75 Å². The lowest BCUT2D eigenvalue weighted by molar-refractivity contribution is -0.207. The first-order valence-corrected chi connectivity index (χ1v) is 10.1. The Balaban J connectivity index is 0.00000361. The minimum atomic E-state index is -4.15. The van der Waals surface area contributed by atoms with Crippen LogP contribution in [0.15, 0.2) is 67.1 Å². The maximum atomic E-state index is 15.7. The number of tetrazole rings is 1. The summed E-state index contributed by atoms with van der Waals surface area (Å²) in [4.78, 5) is 3.77. The van der Waals surface area contributed by atoms with Gasteiger partial charge in [0.2, 0.25) is 0 Å². The van der Waals surface area contributed by atoms with Crippen molar-refractivity contribution in [1.29, 1.82) is 5.26 Å². The molecule has 4 aromatic rings. The van der Waals surface area contributed by atoms with Gasteiger partial charge >= 0.3 is 5.92 Å². The van der Waals surface area contributed by atoms with E-state index < -0.39 is 41.0 Å². The fourth-order valence-corrected chi connectivity index (χ4v) is 3.37. The first-order valence-electron chi connectivity index (χ1n) is 10.1. The normalized spacial score (nSPS) is 12.8. The maximum Gasteiger partial charge on any atom is 0.323 e. The third-order valence-corrected chi connectivity index (χ3v) is 5.21. The quantitative estimate of drug-likeness (QED) is 0.363. The number of nitrogens with zero attached hydrogens (tertiary/aromatic N) is 6. The van der Waals surface area contributed by atoms with Crippen molar-refractivity contribution >= 4 is 0 Å². The molecule has 0 aliphatic heterocycles. The highest BCUT2D eigenvalue weighted by atomic mass is 19.3. The number of aromatic nitrogens is 5. The van der Waals surface area contributed by atoms with Crippen LogP contribution in [0, 0.1) is 23.0 Å². The molecule has 2 aromatic carbocycles. The van der Waals surface area contributed by atoms with Crippen LogP contribution < -0.4 is 4.74 Å². The van der Waals surface area contributed by atoms with Crippen LogP contribution >= 0.6 is 0 Å². The van der Waals surface area contributed by atoms with E-state index >= 15 is 8.78 Å². The second-order valence-corrected chi connectivity index (χ2v) is 7.54. The van der Waals surface area contributed by atoms with Gasteiger partial charge in [-0.2, -0.15) is 14.0 Å². The van der Waals surface area contributed by atoms with Gasteiger partial charge in [0.15, 0.2) is 5.60 Å². The van der Waals surface area contributed by atoms with E-state index in [9.17, 15) is 13.9 Å². The molecular weight excluding hydrogens is 480 g/mol. The first-order chi connectivity index (χ1) is 16.7. The van der Waals surface area contributed by atoms with Crippen LogP contribution in [-0.2, 0) is 24.7 Å². The first kappa shape index (κ1) is 26.2. The van der Waals surface area contributed by atoms with Gasteiger partial charge in [-0.05, 0) is 52.9 Å². The smallest absolute Gasteiger partial charge is 0.323 e. The second-order valence-electron chi connectivity index (χ2n) is 7.54. The number of benzene rings is 2. The summed E-state index contributed by atoms with van der Waals surface area (Å²) in [7, 11) is 0. The van der Waals surface area contributed by atoms with Gasteiger partial charge in [0.25, 0.3) is 0 Å². The molecule has 2 heterocycles. The molecule has 1 unspecified atom stereocenters. The summed E-state index contributed by atoms with van der Waals surface area (Å²) in [5, 5.41) is 30.1. The second kappa shape index (κ2) is 10.5. The summed E-state index contributed by atoms with van der Waals surface area (Å²) < 4.78 is 65.7. The molecular formula is C24H20F4N6O2. The average Bonchev–Trinajstić information content (AvgIpc) is 3.36. The van der Waals surface area contributed by atoms with Crippen molar-refractivity contribution in [2.45, 2.75) is 32.1 Å². The molecule has 0 fully saturated rings. The molecule has 0 radical (unpaired) electrons. The van der Waals surface area contributed by atoms with Gasteiger partial charge in [-0.15, -0.1) is 5.10 Å². The fraction of sp³-hybridized carbons (Fsp3) is 0.208. The van der Waals surface area contributed by atoms with E-state index in [2.05, 4.69) is 20.5 Å². The van der Waals surface area contributed by atoms with Gasteiger partial charge in [-0.3, -0.25) is 4.98 Å². The Bertz CT molecular complexity index is 1340. The molecule has 1 N–H and O–H groups in total. The van der Waals surface area contributed by atoms with E-state index in [1.807, 2.05) is 6.07 Å². The van der Waals surface area contributed by atoms with Crippen molar-refractivity contribution < 1.29 is 27.4 Å². The number of ether oxygens (including phenoxy) is 1. The Morgan fingerprint density at radius 2 is 1.81 bits per heavy atom. The predicted molar refractivity (Wildman–Crippen MR) is 118 cm³/mol. The molecule has 186 valence electrons. The lowest BCUT2D eigenvalue weighted by atomic mass is 9.84. The predicted octanol–water partition coefficient (Wildman–Crippen LogP) is 4.11. The van der Waals surface area contributed by atoms with Crippen LogP contribution in [0.25, 0.3) is 0 Å². The minimum absolute atomic E-state index is 0. The van der Waals surface area contributed by atoms with Gasteiger partial charge in [-0.1, -0.05) is 13.5 Å². The van der Waals surface area contributed by atoms with Crippen LogP contribution in [0.1, 0.15) is 29.8 Å². The van der Waals surface area contributed by atoms with Gasteiger partial charge in [0, 0.05) is 23.4 Å². The van der Waals surface area contributed by atoms with Crippen molar-refractivity contribution in [3.8, 4) is 11.8 Å². The summed E-state index contributed by atoms with van der Waals surface area (Å²) in [6, 6.07) is 12.5.